The summed E-state index contributed by atoms with van der Waals surface area (Å²) in [5.74, 6) is 1.14. The highest BCUT2D eigenvalue weighted by molar-refractivity contribution is 9.10. The lowest BCUT2D eigenvalue weighted by atomic mass is 10.3. The van der Waals surface area contributed by atoms with Crippen LogP contribution in [0.2, 0.25) is 5.02 Å². The molecule has 0 aromatic heterocycles. The van der Waals surface area contributed by atoms with Gasteiger partial charge >= 0.3 is 0 Å². The minimum Gasteiger partial charge on any atom is -0.207 e. The van der Waals surface area contributed by atoms with E-state index in [0.29, 0.717) is 27.9 Å². The molecular formula is C12H15BrClNO2S. The van der Waals surface area contributed by atoms with Crippen molar-refractivity contribution in [2.24, 2.45) is 11.8 Å². The van der Waals surface area contributed by atoms with Gasteiger partial charge in [0.05, 0.1) is 9.92 Å². The molecule has 0 aliphatic heterocycles. The Labute approximate surface area is 121 Å². The molecule has 3 nitrogen and oxygen atoms in total. The largest absolute Gasteiger partial charge is 0.242 e. The van der Waals surface area contributed by atoms with Gasteiger partial charge in [-0.1, -0.05) is 18.5 Å². The summed E-state index contributed by atoms with van der Waals surface area (Å²) < 4.78 is 26.7. The van der Waals surface area contributed by atoms with Crippen LogP contribution in [0.3, 0.4) is 0 Å². The van der Waals surface area contributed by atoms with Crippen LogP contribution in [0.4, 0.5) is 0 Å². The maximum Gasteiger partial charge on any atom is 0.242 e. The second kappa shape index (κ2) is 5.12. The second-order valence-corrected chi connectivity index (χ2v) is 8.14. The van der Waals surface area contributed by atoms with Crippen LogP contribution in [0.15, 0.2) is 27.6 Å². The molecule has 0 N–H and O–H groups in total. The fourth-order valence-corrected chi connectivity index (χ4v) is 3.80. The first kappa shape index (κ1) is 14.3. The Bertz CT molecular complexity index is 561. The molecule has 1 aliphatic rings. The van der Waals surface area contributed by atoms with E-state index in [9.17, 15) is 8.42 Å². The van der Waals surface area contributed by atoms with Crippen molar-refractivity contribution >= 4 is 37.6 Å². The van der Waals surface area contributed by atoms with Crippen LogP contribution in [0.1, 0.15) is 13.3 Å². The van der Waals surface area contributed by atoms with E-state index in [2.05, 4.69) is 22.9 Å². The van der Waals surface area contributed by atoms with E-state index < -0.39 is 10.0 Å². The Kier molecular flexibility index (Phi) is 4.07. The monoisotopic (exact) mass is 351 g/mol. The van der Waals surface area contributed by atoms with Crippen molar-refractivity contribution in [3.63, 3.8) is 0 Å². The maximum absolute atomic E-state index is 12.3. The van der Waals surface area contributed by atoms with Crippen LogP contribution in [-0.4, -0.2) is 26.3 Å². The molecule has 2 unspecified atom stereocenters. The summed E-state index contributed by atoms with van der Waals surface area (Å²) in [6, 6.07) is 4.67. The molecule has 1 fully saturated rings. The molecule has 0 saturated heterocycles. The Hall–Kier alpha value is -0.100. The first-order chi connectivity index (χ1) is 8.32. The third kappa shape index (κ3) is 2.90. The van der Waals surface area contributed by atoms with E-state index in [1.165, 1.54) is 10.4 Å². The van der Waals surface area contributed by atoms with E-state index in [1.807, 2.05) is 0 Å². The zero-order chi connectivity index (χ0) is 13.5. The van der Waals surface area contributed by atoms with Gasteiger partial charge in [0.2, 0.25) is 10.0 Å². The van der Waals surface area contributed by atoms with Crippen LogP contribution in [0.5, 0.6) is 0 Å². The number of hydrogen-bond acceptors (Lipinski definition) is 2. The van der Waals surface area contributed by atoms with Crippen molar-refractivity contribution in [1.82, 2.24) is 4.31 Å². The lowest BCUT2D eigenvalue weighted by Gasteiger charge is -2.17. The molecule has 0 heterocycles. The van der Waals surface area contributed by atoms with Crippen molar-refractivity contribution < 1.29 is 8.42 Å². The highest BCUT2D eigenvalue weighted by Crippen LogP contribution is 2.39. The van der Waals surface area contributed by atoms with Gasteiger partial charge in [-0.15, -0.1) is 0 Å². The third-order valence-electron chi connectivity index (χ3n) is 3.37. The fraction of sp³-hybridized carbons (Fsp3) is 0.500. The topological polar surface area (TPSA) is 37.4 Å². The molecule has 100 valence electrons. The Balaban J connectivity index is 2.21. The van der Waals surface area contributed by atoms with Gasteiger partial charge in [-0.25, -0.2) is 12.7 Å². The first-order valence-electron chi connectivity index (χ1n) is 5.73. The zero-order valence-corrected chi connectivity index (χ0v) is 13.4. The summed E-state index contributed by atoms with van der Waals surface area (Å²) in [6.07, 6.45) is 1.12. The fourth-order valence-electron chi connectivity index (χ4n) is 1.90. The molecule has 0 amide bonds. The van der Waals surface area contributed by atoms with Gasteiger partial charge in [-0.05, 0) is 52.4 Å². The van der Waals surface area contributed by atoms with Gasteiger partial charge in [0, 0.05) is 18.1 Å². The summed E-state index contributed by atoms with van der Waals surface area (Å²) >= 11 is 9.11. The number of benzene rings is 1. The predicted molar refractivity (Wildman–Crippen MR) is 76.2 cm³/mol. The second-order valence-electron chi connectivity index (χ2n) is 4.83. The lowest BCUT2D eigenvalue weighted by molar-refractivity contribution is 0.444. The smallest absolute Gasteiger partial charge is 0.207 e. The molecule has 2 rings (SSSR count). The predicted octanol–water partition coefficient (Wildman–Crippen LogP) is 3.38. The summed E-state index contributed by atoms with van der Waals surface area (Å²) in [4.78, 5) is 0.273. The minimum atomic E-state index is -3.41. The number of sulfonamides is 1. The number of halogens is 2. The highest BCUT2D eigenvalue weighted by Gasteiger charge is 2.36. The Morgan fingerprint density at radius 2 is 2.11 bits per heavy atom. The molecule has 0 spiro atoms. The van der Waals surface area contributed by atoms with Crippen LogP contribution in [0.25, 0.3) is 0 Å². The quantitative estimate of drug-likeness (QED) is 0.833. The number of hydrogen-bond donors (Lipinski definition) is 0. The van der Waals surface area contributed by atoms with E-state index in [4.69, 9.17) is 11.6 Å². The molecule has 1 aromatic rings. The molecule has 0 bridgehead atoms. The summed E-state index contributed by atoms with van der Waals surface area (Å²) in [5, 5.41) is 0.507. The van der Waals surface area contributed by atoms with Crippen LogP contribution in [-0.2, 0) is 10.0 Å². The minimum absolute atomic E-state index is 0.273. The lowest BCUT2D eigenvalue weighted by Crippen LogP contribution is -2.29. The highest BCUT2D eigenvalue weighted by atomic mass is 79.9. The molecule has 18 heavy (non-hydrogen) atoms. The van der Waals surface area contributed by atoms with Gasteiger partial charge < -0.3 is 0 Å². The van der Waals surface area contributed by atoms with Gasteiger partial charge in [0.15, 0.2) is 0 Å². The van der Waals surface area contributed by atoms with Crippen molar-refractivity contribution in [3.05, 3.63) is 27.7 Å². The average Bonchev–Trinajstić information content (AvgIpc) is 2.98. The number of rotatable bonds is 4. The van der Waals surface area contributed by atoms with Crippen LogP contribution >= 0.6 is 27.5 Å². The van der Waals surface area contributed by atoms with Crippen molar-refractivity contribution in [2.75, 3.05) is 13.6 Å². The SMILES string of the molecule is CC1CC1CN(C)S(=O)(=O)c1ccc(Cl)c(Br)c1. The van der Waals surface area contributed by atoms with Crippen molar-refractivity contribution in [1.29, 1.82) is 0 Å². The standard InChI is InChI=1S/C12H15BrClNO2S/c1-8-5-9(8)7-15(2)18(16,17)10-3-4-12(14)11(13)6-10/h3-4,6,8-9H,5,7H2,1-2H3. The first-order valence-corrected chi connectivity index (χ1v) is 8.35. The Morgan fingerprint density at radius 3 is 2.61 bits per heavy atom. The molecule has 6 heteroatoms. The molecule has 1 aromatic carbocycles. The van der Waals surface area contributed by atoms with Crippen molar-refractivity contribution in [2.45, 2.75) is 18.2 Å². The normalized spacial score (nSPS) is 23.4. The van der Waals surface area contributed by atoms with Crippen LogP contribution in [0, 0.1) is 11.8 Å². The zero-order valence-electron chi connectivity index (χ0n) is 10.2. The summed E-state index contributed by atoms with van der Waals surface area (Å²) in [5.41, 5.74) is 0. The average molecular weight is 353 g/mol. The molecule has 1 aliphatic carbocycles. The summed E-state index contributed by atoms with van der Waals surface area (Å²) in [7, 11) is -1.78. The van der Waals surface area contributed by atoms with Gasteiger partial charge in [-0.2, -0.15) is 0 Å². The van der Waals surface area contributed by atoms with Gasteiger partial charge in [0.1, 0.15) is 0 Å². The Morgan fingerprint density at radius 1 is 1.50 bits per heavy atom. The molecule has 2 atom stereocenters. The van der Waals surface area contributed by atoms with Gasteiger partial charge in [0.25, 0.3) is 0 Å². The van der Waals surface area contributed by atoms with E-state index in [0.717, 1.165) is 6.42 Å². The van der Waals surface area contributed by atoms with E-state index in [-0.39, 0.29) is 4.90 Å². The number of nitrogens with zero attached hydrogens (tertiary/aromatic N) is 1. The van der Waals surface area contributed by atoms with Gasteiger partial charge in [-0.3, -0.25) is 0 Å². The molecule has 0 radical (unpaired) electrons. The summed E-state index contributed by atoms with van der Waals surface area (Å²) in [6.45, 7) is 2.73. The third-order valence-corrected chi connectivity index (χ3v) is 6.40. The molecular weight excluding hydrogens is 338 g/mol. The maximum atomic E-state index is 12.3. The van der Waals surface area contributed by atoms with Crippen molar-refractivity contribution in [3.8, 4) is 0 Å². The van der Waals surface area contributed by atoms with E-state index in [1.54, 1.807) is 19.2 Å². The van der Waals surface area contributed by atoms with Crippen LogP contribution < -0.4 is 0 Å². The van der Waals surface area contributed by atoms with E-state index >= 15 is 0 Å². The molecule has 1 saturated carbocycles.